The smallest absolute Gasteiger partial charge is 0.322 e. The fourth-order valence-electron chi connectivity index (χ4n) is 1.41. The van der Waals surface area contributed by atoms with Crippen LogP contribution in [0.2, 0.25) is 0 Å². The van der Waals surface area contributed by atoms with E-state index in [1.54, 1.807) is 30.3 Å². The number of hydrogen-bond donors (Lipinski definition) is 4. The van der Waals surface area contributed by atoms with Crippen LogP contribution in [0.3, 0.4) is 0 Å². The van der Waals surface area contributed by atoms with Gasteiger partial charge in [0, 0.05) is 5.56 Å². The summed E-state index contributed by atoms with van der Waals surface area (Å²) in [6.45, 7) is -1.25. The van der Waals surface area contributed by atoms with Gasteiger partial charge in [-0.15, -0.1) is 0 Å². The summed E-state index contributed by atoms with van der Waals surface area (Å²) in [7, 11) is 0. The van der Waals surface area contributed by atoms with E-state index in [9.17, 15) is 19.2 Å². The van der Waals surface area contributed by atoms with Crippen LogP contribution in [0.5, 0.6) is 0 Å². The minimum absolute atomic E-state index is 0.344. The van der Waals surface area contributed by atoms with Crippen molar-refractivity contribution < 1.29 is 24.3 Å². The quantitative estimate of drug-likeness (QED) is 0.494. The van der Waals surface area contributed by atoms with Crippen LogP contribution in [0.1, 0.15) is 10.4 Å². The summed E-state index contributed by atoms with van der Waals surface area (Å²) in [5.41, 5.74) is 0.379. The second kappa shape index (κ2) is 8.67. The maximum atomic E-state index is 11.9. The van der Waals surface area contributed by atoms with Crippen molar-refractivity contribution in [3.8, 4) is 0 Å². The number of hydrogen-bond acceptors (Lipinski definition) is 5. The molecule has 0 atom stereocenters. The van der Waals surface area contributed by atoms with E-state index in [4.69, 9.17) is 5.11 Å². The molecule has 8 nitrogen and oxygen atoms in total. The van der Waals surface area contributed by atoms with Crippen molar-refractivity contribution in [2.75, 3.05) is 19.6 Å². The molecule has 0 radical (unpaired) electrons. The molecule has 9 heteroatoms. The molecule has 118 valence electrons. The van der Waals surface area contributed by atoms with Crippen molar-refractivity contribution in [1.82, 2.24) is 14.9 Å². The zero-order valence-corrected chi connectivity index (χ0v) is 12.4. The Labute approximate surface area is 132 Å². The first kappa shape index (κ1) is 17.5. The van der Waals surface area contributed by atoms with Crippen molar-refractivity contribution in [2.24, 2.45) is 0 Å². The molecule has 0 aromatic heterocycles. The van der Waals surface area contributed by atoms with Gasteiger partial charge in [-0.05, 0) is 12.1 Å². The predicted octanol–water partition coefficient (Wildman–Crippen LogP) is -0.709. The van der Waals surface area contributed by atoms with Gasteiger partial charge in [-0.3, -0.25) is 23.5 Å². The number of thiol groups is 1. The molecule has 0 spiro atoms. The third kappa shape index (κ3) is 6.27. The lowest BCUT2D eigenvalue weighted by Gasteiger charge is -2.15. The summed E-state index contributed by atoms with van der Waals surface area (Å²) >= 11 is 3.93. The van der Waals surface area contributed by atoms with Gasteiger partial charge in [0.1, 0.15) is 13.1 Å². The zero-order chi connectivity index (χ0) is 16.5. The lowest BCUT2D eigenvalue weighted by molar-refractivity contribution is -0.137. The van der Waals surface area contributed by atoms with Crippen LogP contribution in [-0.2, 0) is 14.4 Å². The van der Waals surface area contributed by atoms with E-state index in [2.05, 4.69) is 23.4 Å². The van der Waals surface area contributed by atoms with Gasteiger partial charge in [-0.25, -0.2) is 0 Å². The fraction of sp³-hybridized carbons (Fsp3) is 0.231. The van der Waals surface area contributed by atoms with E-state index in [0.717, 1.165) is 4.31 Å². The largest absolute Gasteiger partial charge is 0.480 e. The van der Waals surface area contributed by atoms with Crippen LogP contribution >= 0.6 is 12.8 Å². The predicted molar refractivity (Wildman–Crippen MR) is 80.1 cm³/mol. The van der Waals surface area contributed by atoms with E-state index in [1.165, 1.54) is 0 Å². The van der Waals surface area contributed by atoms with Crippen LogP contribution in [0.4, 0.5) is 0 Å². The number of aliphatic carboxylic acids is 1. The second-order valence-corrected chi connectivity index (χ2v) is 4.66. The van der Waals surface area contributed by atoms with Crippen molar-refractivity contribution in [3.63, 3.8) is 0 Å². The molecule has 1 aromatic rings. The van der Waals surface area contributed by atoms with Gasteiger partial charge < -0.3 is 15.7 Å². The Hall–Kier alpha value is -2.55. The molecule has 0 heterocycles. The lowest BCUT2D eigenvalue weighted by atomic mass is 10.2. The van der Waals surface area contributed by atoms with E-state index in [0.29, 0.717) is 5.56 Å². The average Bonchev–Trinajstić information content (AvgIpc) is 2.50. The zero-order valence-electron chi connectivity index (χ0n) is 11.5. The number of benzene rings is 1. The molecular weight excluding hydrogens is 310 g/mol. The van der Waals surface area contributed by atoms with Crippen LogP contribution in [-0.4, -0.2) is 52.7 Å². The molecule has 0 aliphatic rings. The molecule has 0 fully saturated rings. The standard InChI is InChI=1S/C13H15N3O5S/c17-10(15-7-12(19)20)6-14-11(18)8-16(22)13(21)9-4-2-1-3-5-9/h1-5,22H,6-8H2,(H,14,18)(H,15,17)(H,19,20). The highest BCUT2D eigenvalue weighted by Crippen LogP contribution is 2.06. The van der Waals surface area contributed by atoms with Gasteiger partial charge >= 0.3 is 5.97 Å². The Kier molecular flexibility index (Phi) is 6.90. The third-order valence-corrected chi connectivity index (χ3v) is 2.75. The lowest BCUT2D eigenvalue weighted by Crippen LogP contribution is -2.42. The molecule has 0 bridgehead atoms. The Balaban J connectivity index is 2.37. The van der Waals surface area contributed by atoms with E-state index < -0.39 is 30.2 Å². The summed E-state index contributed by atoms with van der Waals surface area (Å²) in [4.78, 5) is 44.9. The number of carboxylic acid groups (broad SMARTS) is 1. The van der Waals surface area contributed by atoms with E-state index in [1.807, 2.05) is 0 Å². The maximum Gasteiger partial charge on any atom is 0.322 e. The highest BCUT2D eigenvalue weighted by Gasteiger charge is 2.16. The van der Waals surface area contributed by atoms with Crippen LogP contribution in [0.25, 0.3) is 0 Å². The van der Waals surface area contributed by atoms with Gasteiger partial charge in [-0.2, -0.15) is 0 Å². The summed E-state index contributed by atoms with van der Waals surface area (Å²) in [5, 5.41) is 12.7. The van der Waals surface area contributed by atoms with Crippen molar-refractivity contribution >= 4 is 36.5 Å². The molecule has 1 aromatic carbocycles. The second-order valence-electron chi connectivity index (χ2n) is 4.18. The molecule has 0 saturated heterocycles. The molecule has 1 rings (SSSR count). The highest BCUT2D eigenvalue weighted by molar-refractivity contribution is 7.78. The van der Waals surface area contributed by atoms with Gasteiger partial charge in [0.05, 0.1) is 6.54 Å². The van der Waals surface area contributed by atoms with Crippen LogP contribution < -0.4 is 10.6 Å². The molecule has 3 amide bonds. The number of nitrogens with zero attached hydrogens (tertiary/aromatic N) is 1. The summed E-state index contributed by atoms with van der Waals surface area (Å²) in [6, 6.07) is 8.29. The van der Waals surface area contributed by atoms with Gasteiger partial charge in [0.2, 0.25) is 11.8 Å². The molecular formula is C13H15N3O5S. The Bertz CT molecular complexity index is 564. The minimum Gasteiger partial charge on any atom is -0.480 e. The summed E-state index contributed by atoms with van der Waals surface area (Å²) < 4.78 is 0.916. The minimum atomic E-state index is -1.19. The van der Waals surface area contributed by atoms with Gasteiger partial charge in [0.25, 0.3) is 5.91 Å². The van der Waals surface area contributed by atoms with Gasteiger partial charge in [0.15, 0.2) is 0 Å². The average molecular weight is 325 g/mol. The Morgan fingerprint density at radius 1 is 1.00 bits per heavy atom. The molecule has 22 heavy (non-hydrogen) atoms. The number of amides is 3. The SMILES string of the molecule is O=C(O)CNC(=O)CNC(=O)CN(S)C(=O)c1ccccc1. The number of rotatable bonds is 7. The maximum absolute atomic E-state index is 11.9. The first-order valence-corrected chi connectivity index (χ1v) is 6.61. The molecule has 0 unspecified atom stereocenters. The number of carbonyl (C=O) groups is 4. The normalized spacial score (nSPS) is 9.68. The van der Waals surface area contributed by atoms with Gasteiger partial charge in [-0.1, -0.05) is 31.0 Å². The summed E-state index contributed by atoms with van der Waals surface area (Å²) in [5.74, 6) is -2.87. The molecule has 0 aliphatic heterocycles. The van der Waals surface area contributed by atoms with Crippen molar-refractivity contribution in [3.05, 3.63) is 35.9 Å². The molecule has 0 saturated carbocycles. The van der Waals surface area contributed by atoms with E-state index in [-0.39, 0.29) is 13.1 Å². The number of carbonyl (C=O) groups excluding carboxylic acids is 3. The monoisotopic (exact) mass is 325 g/mol. The van der Waals surface area contributed by atoms with Crippen molar-refractivity contribution in [2.45, 2.75) is 0 Å². The van der Waals surface area contributed by atoms with E-state index >= 15 is 0 Å². The summed E-state index contributed by atoms with van der Waals surface area (Å²) in [6.07, 6.45) is 0. The third-order valence-electron chi connectivity index (χ3n) is 2.43. The number of nitrogens with one attached hydrogen (secondary N) is 2. The topological polar surface area (TPSA) is 116 Å². The van der Waals surface area contributed by atoms with Crippen molar-refractivity contribution in [1.29, 1.82) is 0 Å². The number of carboxylic acids is 1. The Morgan fingerprint density at radius 3 is 2.18 bits per heavy atom. The fourth-order valence-corrected chi connectivity index (χ4v) is 1.65. The molecule has 3 N–H and O–H groups in total. The molecule has 0 aliphatic carbocycles. The first-order chi connectivity index (χ1) is 10.4. The van der Waals surface area contributed by atoms with Crippen LogP contribution in [0, 0.1) is 0 Å². The Morgan fingerprint density at radius 2 is 1.59 bits per heavy atom. The highest BCUT2D eigenvalue weighted by atomic mass is 32.1. The van der Waals surface area contributed by atoms with Crippen LogP contribution in [0.15, 0.2) is 30.3 Å². The first-order valence-electron chi connectivity index (χ1n) is 6.21.